The number of rotatable bonds is 4. The van der Waals surface area contributed by atoms with Crippen molar-refractivity contribution in [3.8, 4) is 28.0 Å². The summed E-state index contributed by atoms with van der Waals surface area (Å²) in [4.78, 5) is 1.97. The van der Waals surface area contributed by atoms with Crippen molar-refractivity contribution in [2.24, 2.45) is 0 Å². The molecule has 0 radical (unpaired) electrons. The van der Waals surface area contributed by atoms with Gasteiger partial charge in [-0.25, -0.2) is 0 Å². The monoisotopic (exact) mass is 712 g/mol. The molecule has 9 aromatic rings. The van der Waals surface area contributed by atoms with Crippen molar-refractivity contribution in [2.75, 3.05) is 4.90 Å². The highest BCUT2D eigenvalue weighted by Crippen LogP contribution is 2.56. The van der Waals surface area contributed by atoms with Crippen LogP contribution in [0.15, 0.2) is 173 Å². The van der Waals surface area contributed by atoms with Gasteiger partial charge in [0.25, 0.3) is 0 Å². The minimum atomic E-state index is -0.354. The third kappa shape index (κ3) is 4.28. The van der Waals surface area contributed by atoms with Crippen LogP contribution in [0.25, 0.3) is 66.1 Å². The topological polar surface area (TPSA) is 38.8 Å². The van der Waals surface area contributed by atoms with Gasteiger partial charge in [-0.3, -0.25) is 0 Å². The fraction of sp³-hybridized carbons (Fsp3) is 0.0980. The molecule has 0 N–H and O–H groups in total. The number of hydrogen-bond acceptors (Lipinski definition) is 4. The molecule has 2 atom stereocenters. The molecule has 0 spiro atoms. The van der Waals surface area contributed by atoms with E-state index in [1.807, 2.05) is 65.6 Å². The summed E-state index contributed by atoms with van der Waals surface area (Å²) in [5.74, 6) is 1.06. The van der Waals surface area contributed by atoms with E-state index >= 15 is 0 Å². The smallest absolute Gasteiger partial charge is 0.159 e. The molecule has 3 aliphatic rings. The Hall–Kier alpha value is -6.78. The van der Waals surface area contributed by atoms with Crippen molar-refractivity contribution in [2.45, 2.75) is 31.3 Å². The third-order valence-electron chi connectivity index (χ3n) is 12.0. The number of benzene rings is 7. The van der Waals surface area contributed by atoms with Gasteiger partial charge < -0.3 is 18.5 Å². The fourth-order valence-corrected chi connectivity index (χ4v) is 9.35. The fourth-order valence-electron chi connectivity index (χ4n) is 9.35. The molecular weight excluding hydrogens is 675 g/mol. The number of ether oxygens (including phenoxy) is 1. The number of furan rings is 2. The van der Waals surface area contributed by atoms with Gasteiger partial charge >= 0.3 is 0 Å². The van der Waals surface area contributed by atoms with Crippen LogP contribution in [0.5, 0.6) is 5.75 Å². The summed E-state index contributed by atoms with van der Waals surface area (Å²) in [6.07, 6.45) is 8.43. The van der Waals surface area contributed by atoms with Crippen LogP contribution >= 0.6 is 0 Å². The lowest BCUT2D eigenvalue weighted by Crippen LogP contribution is -2.16. The summed E-state index contributed by atoms with van der Waals surface area (Å²) >= 11 is 0. The van der Waals surface area contributed by atoms with Crippen LogP contribution in [0, 0.1) is 0 Å². The first kappa shape index (κ1) is 27.8. The largest absolute Gasteiger partial charge is 0.485 e. The Morgan fingerprint density at radius 1 is 0.600 bits per heavy atom. The van der Waals surface area contributed by atoms with E-state index in [1.165, 1.54) is 5.56 Å². The number of nitrogens with zero attached hydrogens (tertiary/aromatic N) is 1. The molecule has 0 amide bonds. The quantitative estimate of drug-likeness (QED) is 0.182. The van der Waals surface area contributed by atoms with E-state index in [1.54, 1.807) is 12.1 Å². The number of allylic oxidation sites excluding steroid dienone is 2. The molecule has 262 valence electrons. The average Bonchev–Trinajstić information content (AvgIpc) is 3.97. The highest BCUT2D eigenvalue weighted by molar-refractivity contribution is 6.17. The van der Waals surface area contributed by atoms with E-state index in [-0.39, 0.29) is 35.6 Å². The van der Waals surface area contributed by atoms with Gasteiger partial charge in [0, 0.05) is 38.6 Å². The molecular formula is C51H35NO3. The van der Waals surface area contributed by atoms with Gasteiger partial charge in [0.05, 0.1) is 26.6 Å². The van der Waals surface area contributed by atoms with Crippen molar-refractivity contribution in [3.05, 3.63) is 180 Å². The maximum absolute atomic E-state index is 9.80. The van der Waals surface area contributed by atoms with Crippen LogP contribution in [0.4, 0.5) is 17.1 Å². The van der Waals surface area contributed by atoms with Crippen molar-refractivity contribution in [3.63, 3.8) is 0 Å². The third-order valence-corrected chi connectivity index (χ3v) is 12.0. The molecule has 0 saturated heterocycles. The molecule has 0 bridgehead atoms. The molecule has 3 heterocycles. The second-order valence-corrected chi connectivity index (χ2v) is 15.3. The standard InChI is InChI=1S/C51H35NO3/c1-51(2)38-16-6-3-14-35(38)48-39(51)17-10-18-40(48)52(42-20-9-15-34-32-12-4-8-22-44(32)55-50(34)42)41-19-11-23-47-49(41)37-29-31(25-27-46(37)54-47)30-24-26-45-36(28-30)33-13-5-7-21-43(33)53-45/h3-29,33,43H,1-2H3/i18D,19D,20D. The predicted molar refractivity (Wildman–Crippen MR) is 224 cm³/mol. The maximum Gasteiger partial charge on any atom is 0.159 e. The molecule has 2 aliphatic carbocycles. The molecule has 4 nitrogen and oxygen atoms in total. The van der Waals surface area contributed by atoms with Gasteiger partial charge in [-0.05, 0) is 88.4 Å². The minimum Gasteiger partial charge on any atom is -0.485 e. The van der Waals surface area contributed by atoms with Gasteiger partial charge in [-0.15, -0.1) is 0 Å². The second-order valence-electron chi connectivity index (χ2n) is 15.3. The summed E-state index contributed by atoms with van der Waals surface area (Å²) in [5.41, 5.74) is 11.1. The highest BCUT2D eigenvalue weighted by atomic mass is 16.5. The molecule has 4 heteroatoms. The van der Waals surface area contributed by atoms with Crippen LogP contribution in [0.2, 0.25) is 0 Å². The van der Waals surface area contributed by atoms with Crippen LogP contribution in [-0.2, 0) is 5.41 Å². The van der Waals surface area contributed by atoms with Gasteiger partial charge in [-0.2, -0.15) is 0 Å². The first-order valence-corrected chi connectivity index (χ1v) is 18.8. The first-order valence-electron chi connectivity index (χ1n) is 20.3. The molecule has 12 rings (SSSR count). The summed E-state index contributed by atoms with van der Waals surface area (Å²) in [6, 6.07) is 40.9. The maximum atomic E-state index is 9.80. The molecule has 1 aliphatic heterocycles. The van der Waals surface area contributed by atoms with E-state index in [2.05, 4.69) is 86.7 Å². The number of fused-ring (bicyclic) bond motifs is 12. The summed E-state index contributed by atoms with van der Waals surface area (Å²) in [7, 11) is 0. The molecule has 0 saturated carbocycles. The normalized spacial score (nSPS) is 18.2. The summed E-state index contributed by atoms with van der Waals surface area (Å²) < 4.78 is 48.8. The second kappa shape index (κ2) is 11.1. The van der Waals surface area contributed by atoms with E-state index in [0.29, 0.717) is 39.4 Å². The zero-order chi connectivity index (χ0) is 39.0. The van der Waals surface area contributed by atoms with Gasteiger partial charge in [0.15, 0.2) is 5.58 Å². The van der Waals surface area contributed by atoms with E-state index in [4.69, 9.17) is 13.6 Å². The van der Waals surface area contributed by atoms with Crippen molar-refractivity contribution >= 4 is 60.9 Å². The summed E-state index contributed by atoms with van der Waals surface area (Å²) in [6.45, 7) is 4.44. The zero-order valence-corrected chi connectivity index (χ0v) is 30.2. The van der Waals surface area contributed by atoms with Gasteiger partial charge in [-0.1, -0.05) is 117 Å². The Bertz CT molecular complexity index is 3310. The molecule has 2 unspecified atom stereocenters. The zero-order valence-electron chi connectivity index (χ0n) is 33.2. The minimum absolute atomic E-state index is 0.00315. The van der Waals surface area contributed by atoms with Gasteiger partial charge in [0.1, 0.15) is 28.6 Å². The first-order chi connectivity index (χ1) is 28.3. The Kier molecular flexibility index (Phi) is 5.62. The average molecular weight is 713 g/mol. The number of anilines is 3. The lowest BCUT2D eigenvalue weighted by molar-refractivity contribution is 0.269. The van der Waals surface area contributed by atoms with Crippen LogP contribution in [0.3, 0.4) is 0 Å². The lowest BCUT2D eigenvalue weighted by Gasteiger charge is -2.29. The Morgan fingerprint density at radius 3 is 2.27 bits per heavy atom. The van der Waals surface area contributed by atoms with E-state index in [9.17, 15) is 4.11 Å². The van der Waals surface area contributed by atoms with E-state index < -0.39 is 0 Å². The van der Waals surface area contributed by atoms with Gasteiger partial charge in [0.2, 0.25) is 0 Å². The van der Waals surface area contributed by atoms with Crippen LogP contribution in [0.1, 0.15) is 40.6 Å². The van der Waals surface area contributed by atoms with E-state index in [0.717, 1.165) is 60.7 Å². The number of para-hydroxylation sites is 2. The Balaban J connectivity index is 1.17. The van der Waals surface area contributed by atoms with Crippen molar-refractivity contribution in [1.82, 2.24) is 0 Å². The van der Waals surface area contributed by atoms with Crippen molar-refractivity contribution in [1.29, 1.82) is 0 Å². The highest BCUT2D eigenvalue weighted by Gasteiger charge is 2.38. The lowest BCUT2D eigenvalue weighted by atomic mass is 9.82. The van der Waals surface area contributed by atoms with Crippen LogP contribution < -0.4 is 9.64 Å². The SMILES string of the molecule is [2H]c1ccc2c(c1N(c1c([2H])ccc3c1oc1ccccc13)c1c([2H])ccc3oc4ccc(-c5ccc6c(c5)C5C=CC=CC5O6)cc4c13)-c1ccccc1C2(C)C. The predicted octanol–water partition coefficient (Wildman–Crippen LogP) is 13.9. The molecule has 7 aromatic carbocycles. The molecule has 2 aromatic heterocycles. The number of hydrogen-bond donors (Lipinski definition) is 0. The molecule has 55 heavy (non-hydrogen) atoms. The molecule has 0 fully saturated rings. The Labute approximate surface area is 322 Å². The van der Waals surface area contributed by atoms with Crippen molar-refractivity contribution < 1.29 is 17.7 Å². The summed E-state index contributed by atoms with van der Waals surface area (Å²) in [5, 5.41) is 3.35. The van der Waals surface area contributed by atoms with Crippen LogP contribution in [-0.4, -0.2) is 6.10 Å². The Morgan fingerprint density at radius 2 is 1.31 bits per heavy atom.